The monoisotopic (exact) mass is 620 g/mol. The van der Waals surface area contributed by atoms with Crippen molar-refractivity contribution in [3.63, 3.8) is 0 Å². The minimum Gasteiger partial charge on any atom is -0.652 e. The standard InChI is InChI=1S/2C11H12ClNO4.CH2O3.2Na/c2*12-7-3-4-9(14)8(6-7)11(17)13-5-1-2-10(15)16;2-1(3)4;;/h2*3-4,6,14H,1-2,5H2,(H,13,17)(H,15,16);(H2,2,3,4);;/q;;;2*+1/p-2. The van der Waals surface area contributed by atoms with Gasteiger partial charge in [-0.3, -0.25) is 19.2 Å². The summed E-state index contributed by atoms with van der Waals surface area (Å²) in [5, 5.41) is 58.0. The molecule has 0 unspecified atom stereocenters. The molecular formula is C23H24Cl2N2Na2O11. The van der Waals surface area contributed by atoms with E-state index in [1.54, 1.807) is 0 Å². The Bertz CT molecular complexity index is 1050. The number of halogens is 2. The van der Waals surface area contributed by atoms with Crippen molar-refractivity contribution in [3.8, 4) is 11.5 Å². The summed E-state index contributed by atoms with van der Waals surface area (Å²) in [6, 6.07) is 8.30. The van der Waals surface area contributed by atoms with E-state index < -0.39 is 29.9 Å². The normalized spacial score (nSPS) is 9.05. The first-order valence-corrected chi connectivity index (χ1v) is 11.3. The number of rotatable bonds is 10. The summed E-state index contributed by atoms with van der Waals surface area (Å²) in [7, 11) is 0. The van der Waals surface area contributed by atoms with Gasteiger partial charge in [0.25, 0.3) is 11.8 Å². The van der Waals surface area contributed by atoms with E-state index in [9.17, 15) is 29.4 Å². The van der Waals surface area contributed by atoms with Crippen molar-refractivity contribution in [2.45, 2.75) is 25.7 Å². The second kappa shape index (κ2) is 23.5. The summed E-state index contributed by atoms with van der Waals surface area (Å²) >= 11 is 11.4. The third-order valence-electron chi connectivity index (χ3n) is 4.11. The Morgan fingerprint density at radius 1 is 0.675 bits per heavy atom. The molecule has 2 amide bonds. The molecule has 0 radical (unpaired) electrons. The van der Waals surface area contributed by atoms with E-state index in [1.165, 1.54) is 36.4 Å². The molecular weight excluding hydrogens is 597 g/mol. The number of hydrogen-bond acceptors (Lipinski definition) is 9. The Morgan fingerprint density at radius 2 is 0.975 bits per heavy atom. The molecule has 0 atom stereocenters. The molecule has 208 valence electrons. The van der Waals surface area contributed by atoms with Crippen LogP contribution in [0.2, 0.25) is 10.0 Å². The van der Waals surface area contributed by atoms with Crippen LogP contribution in [0.5, 0.6) is 11.5 Å². The molecule has 40 heavy (non-hydrogen) atoms. The van der Waals surface area contributed by atoms with Crippen molar-refractivity contribution < 1.29 is 114 Å². The minimum absolute atomic E-state index is 0. The molecule has 0 saturated heterocycles. The van der Waals surface area contributed by atoms with Gasteiger partial charge in [-0.25, -0.2) is 0 Å². The Balaban J connectivity index is -0.000000578. The van der Waals surface area contributed by atoms with Gasteiger partial charge >= 0.3 is 71.1 Å². The van der Waals surface area contributed by atoms with Crippen LogP contribution in [-0.4, -0.2) is 63.4 Å². The zero-order valence-corrected chi connectivity index (χ0v) is 27.1. The maximum absolute atomic E-state index is 11.6. The minimum atomic E-state index is -2.33. The molecule has 6 N–H and O–H groups in total. The smallest absolute Gasteiger partial charge is 0.652 e. The number of hydrogen-bond donors (Lipinski definition) is 6. The van der Waals surface area contributed by atoms with Gasteiger partial charge in [-0.05, 0) is 55.4 Å². The molecule has 0 aliphatic rings. The molecule has 0 saturated carbocycles. The molecule has 0 spiro atoms. The Hall–Kier alpha value is -2.23. The predicted molar refractivity (Wildman–Crippen MR) is 130 cm³/mol. The topological polar surface area (TPSA) is 236 Å². The van der Waals surface area contributed by atoms with Gasteiger partial charge in [0.15, 0.2) is 0 Å². The van der Waals surface area contributed by atoms with E-state index in [0.29, 0.717) is 22.9 Å². The third-order valence-corrected chi connectivity index (χ3v) is 4.58. The zero-order valence-electron chi connectivity index (χ0n) is 21.6. The van der Waals surface area contributed by atoms with Gasteiger partial charge in [0.05, 0.1) is 11.1 Å². The Labute approximate surface area is 283 Å². The van der Waals surface area contributed by atoms with Crippen molar-refractivity contribution in [3.05, 3.63) is 57.6 Å². The molecule has 2 aromatic rings. The summed E-state index contributed by atoms with van der Waals surface area (Å²) in [6.07, 6.45) is -1.69. The van der Waals surface area contributed by atoms with Gasteiger partial charge in [-0.15, -0.1) is 0 Å². The predicted octanol–water partition coefficient (Wildman–Crippen LogP) is -5.16. The number of phenols is 2. The maximum atomic E-state index is 11.6. The molecule has 0 aromatic heterocycles. The summed E-state index contributed by atoms with van der Waals surface area (Å²) in [6.45, 7) is 0.466. The van der Waals surface area contributed by atoms with Crippen LogP contribution in [0.4, 0.5) is 4.79 Å². The Kier molecular flexibility index (Phi) is 24.8. The van der Waals surface area contributed by atoms with Gasteiger partial charge in [-0.2, -0.15) is 0 Å². The number of phenolic OH excluding ortho intramolecular Hbond substituents is 2. The van der Waals surface area contributed by atoms with E-state index in [-0.39, 0.29) is 108 Å². The van der Waals surface area contributed by atoms with Crippen molar-refractivity contribution >= 4 is 53.1 Å². The van der Waals surface area contributed by atoms with E-state index in [1.807, 2.05) is 0 Å². The number of amides is 2. The first kappa shape index (κ1) is 42.2. The second-order valence-corrected chi connectivity index (χ2v) is 7.95. The van der Waals surface area contributed by atoms with Crippen LogP contribution in [0.15, 0.2) is 36.4 Å². The van der Waals surface area contributed by atoms with Crippen molar-refractivity contribution in [2.24, 2.45) is 0 Å². The average molecular weight is 621 g/mol. The fraction of sp³-hybridized carbons (Fsp3) is 0.261. The van der Waals surface area contributed by atoms with E-state index >= 15 is 0 Å². The summed E-state index contributed by atoms with van der Waals surface area (Å²) < 4.78 is 0. The first-order valence-electron chi connectivity index (χ1n) is 10.6. The largest absolute Gasteiger partial charge is 1.00 e. The van der Waals surface area contributed by atoms with Gasteiger partial charge in [0.1, 0.15) is 11.5 Å². The molecule has 0 fully saturated rings. The van der Waals surface area contributed by atoms with Crippen LogP contribution >= 0.6 is 23.2 Å². The number of aromatic hydroxyl groups is 2. The number of carboxylic acid groups (broad SMARTS) is 4. The average Bonchev–Trinajstić information content (AvgIpc) is 2.82. The number of benzene rings is 2. The molecule has 2 aromatic carbocycles. The van der Waals surface area contributed by atoms with E-state index in [4.69, 9.17) is 48.4 Å². The third kappa shape index (κ3) is 20.6. The summed E-state index contributed by atoms with van der Waals surface area (Å²) in [4.78, 5) is 52.0. The van der Waals surface area contributed by atoms with Gasteiger partial charge in [0.2, 0.25) is 0 Å². The van der Waals surface area contributed by atoms with Crippen LogP contribution in [0.25, 0.3) is 0 Å². The van der Waals surface area contributed by atoms with Crippen molar-refractivity contribution in [1.82, 2.24) is 10.6 Å². The van der Waals surface area contributed by atoms with Crippen LogP contribution in [0.1, 0.15) is 46.4 Å². The van der Waals surface area contributed by atoms with Crippen LogP contribution < -0.4 is 80.0 Å². The number of carboxylic acids is 2. The van der Waals surface area contributed by atoms with Gasteiger partial charge in [-0.1, -0.05) is 23.2 Å². The van der Waals surface area contributed by atoms with E-state index in [0.717, 1.165) is 0 Å². The molecule has 0 bridgehead atoms. The Morgan fingerprint density at radius 3 is 1.25 bits per heavy atom. The SMILES string of the molecule is O=C(O)CCCNC(=O)c1cc(Cl)ccc1O.O=C(O)CCCNC(=O)c1cc(Cl)ccc1O.O=C([O-])[O-].[Na+].[Na+]. The molecule has 0 heterocycles. The number of nitrogens with one attached hydrogen (secondary N) is 2. The number of carbonyl (C=O) groups excluding carboxylic acids is 3. The van der Waals surface area contributed by atoms with E-state index in [2.05, 4.69) is 10.6 Å². The van der Waals surface area contributed by atoms with Crippen LogP contribution in [0, 0.1) is 0 Å². The maximum Gasteiger partial charge on any atom is 1.00 e. The van der Waals surface area contributed by atoms with Crippen molar-refractivity contribution in [1.29, 1.82) is 0 Å². The van der Waals surface area contributed by atoms with Crippen LogP contribution in [-0.2, 0) is 9.59 Å². The molecule has 0 aliphatic carbocycles. The van der Waals surface area contributed by atoms with Gasteiger partial charge < -0.3 is 46.1 Å². The van der Waals surface area contributed by atoms with Crippen LogP contribution in [0.3, 0.4) is 0 Å². The fourth-order valence-electron chi connectivity index (χ4n) is 2.45. The molecule has 17 heteroatoms. The first-order chi connectivity index (χ1) is 17.7. The number of carbonyl (C=O) groups is 5. The van der Waals surface area contributed by atoms with Gasteiger partial charge in [0, 0.05) is 36.0 Å². The fourth-order valence-corrected chi connectivity index (χ4v) is 2.80. The molecule has 0 aliphatic heterocycles. The number of aliphatic carboxylic acids is 2. The van der Waals surface area contributed by atoms with Crippen molar-refractivity contribution in [2.75, 3.05) is 13.1 Å². The molecule has 13 nitrogen and oxygen atoms in total. The summed E-state index contributed by atoms with van der Waals surface area (Å²) in [5.41, 5.74) is 0.153. The second-order valence-electron chi connectivity index (χ2n) is 7.08. The summed E-state index contributed by atoms with van der Waals surface area (Å²) in [5.74, 6) is -3.10. The quantitative estimate of drug-likeness (QED) is 0.108. The molecule has 2 rings (SSSR count). The zero-order chi connectivity index (χ0) is 29.3.